The first-order chi connectivity index (χ1) is 13.1. The predicted octanol–water partition coefficient (Wildman–Crippen LogP) is 2.54. The summed E-state index contributed by atoms with van der Waals surface area (Å²) in [4.78, 5) is 19.5. The number of hydrogen-bond donors (Lipinski definition) is 1. The Labute approximate surface area is 155 Å². The highest BCUT2D eigenvalue weighted by Crippen LogP contribution is 2.46. The highest BCUT2D eigenvalue weighted by Gasteiger charge is 2.47. The van der Waals surface area contributed by atoms with Crippen molar-refractivity contribution in [3.8, 4) is 11.5 Å². The molecular formula is C21H18N2O4. The quantitative estimate of drug-likeness (QED) is 0.841. The van der Waals surface area contributed by atoms with Crippen LogP contribution in [0.15, 0.2) is 35.4 Å². The number of carbonyl (C=O) groups excluding carboxylic acids is 1. The van der Waals surface area contributed by atoms with Gasteiger partial charge in [-0.1, -0.05) is 6.92 Å². The van der Waals surface area contributed by atoms with E-state index in [-0.39, 0.29) is 12.6 Å². The minimum Gasteiger partial charge on any atom is -0.454 e. The van der Waals surface area contributed by atoms with E-state index >= 15 is 0 Å². The highest BCUT2D eigenvalue weighted by atomic mass is 16.7. The number of aliphatic hydroxyl groups is 1. The number of benzene rings is 1. The molecule has 6 nitrogen and oxygen atoms in total. The molecule has 27 heavy (non-hydrogen) atoms. The van der Waals surface area contributed by atoms with Crippen molar-refractivity contribution in [2.24, 2.45) is 0 Å². The van der Waals surface area contributed by atoms with Gasteiger partial charge in [-0.3, -0.25) is 4.79 Å². The summed E-state index contributed by atoms with van der Waals surface area (Å²) in [6.45, 7) is 3.53. The fourth-order valence-electron chi connectivity index (χ4n) is 4.69. The zero-order chi connectivity index (χ0) is 18.3. The van der Waals surface area contributed by atoms with Crippen molar-refractivity contribution in [2.45, 2.75) is 31.9 Å². The van der Waals surface area contributed by atoms with Gasteiger partial charge in [0, 0.05) is 31.0 Å². The van der Waals surface area contributed by atoms with E-state index in [0.29, 0.717) is 25.1 Å². The van der Waals surface area contributed by atoms with Crippen LogP contribution >= 0.6 is 0 Å². The number of ether oxygens (including phenoxy) is 2. The third-order valence-corrected chi connectivity index (χ3v) is 6.17. The van der Waals surface area contributed by atoms with E-state index in [9.17, 15) is 9.90 Å². The van der Waals surface area contributed by atoms with Crippen LogP contribution < -0.4 is 9.47 Å². The Morgan fingerprint density at radius 2 is 2.04 bits per heavy atom. The maximum atomic E-state index is 12.4. The molecule has 0 radical (unpaired) electrons. The van der Waals surface area contributed by atoms with Gasteiger partial charge >= 0.3 is 0 Å². The number of ketones is 1. The van der Waals surface area contributed by atoms with Gasteiger partial charge in [0.1, 0.15) is 5.60 Å². The Morgan fingerprint density at radius 3 is 2.85 bits per heavy atom. The Morgan fingerprint density at radius 1 is 1.22 bits per heavy atom. The van der Waals surface area contributed by atoms with Gasteiger partial charge in [-0.25, -0.2) is 4.98 Å². The van der Waals surface area contributed by atoms with Crippen LogP contribution in [0.4, 0.5) is 0 Å². The van der Waals surface area contributed by atoms with Gasteiger partial charge < -0.3 is 19.5 Å². The van der Waals surface area contributed by atoms with E-state index in [1.54, 1.807) is 0 Å². The molecule has 0 bridgehead atoms. The van der Waals surface area contributed by atoms with Crippen LogP contribution in [-0.4, -0.2) is 39.7 Å². The molecule has 0 spiro atoms. The molecular weight excluding hydrogens is 344 g/mol. The molecule has 4 aliphatic rings. The zero-order valence-corrected chi connectivity index (χ0v) is 14.9. The molecule has 0 amide bonds. The van der Waals surface area contributed by atoms with E-state index in [1.807, 2.05) is 25.1 Å². The number of pyridine rings is 1. The van der Waals surface area contributed by atoms with Crippen LogP contribution in [0.1, 0.15) is 31.0 Å². The molecule has 1 atom stereocenters. The second-order valence-electron chi connectivity index (χ2n) is 7.61. The van der Waals surface area contributed by atoms with Crippen LogP contribution in [0.25, 0.3) is 16.6 Å². The van der Waals surface area contributed by atoms with Gasteiger partial charge in [0.15, 0.2) is 17.3 Å². The standard InChI is InChI=1S/C21H18N2O4/c1-2-21(25)14-6-16-20-13(9-23(16)8-12(14)5-19(21)24)3-11-4-17-18(27-10-26-17)7-15(11)22-20/h3-4,6-7,25H,2,5,8-10H2,1H3/t21-/m0/s1. The second-order valence-corrected chi connectivity index (χ2v) is 7.61. The minimum atomic E-state index is -1.35. The van der Waals surface area contributed by atoms with Gasteiger partial charge in [0.25, 0.3) is 0 Å². The third-order valence-electron chi connectivity index (χ3n) is 6.17. The first-order valence-electron chi connectivity index (χ1n) is 9.25. The van der Waals surface area contributed by atoms with Gasteiger partial charge in [0.2, 0.25) is 6.79 Å². The highest BCUT2D eigenvalue weighted by molar-refractivity contribution is 5.99. The molecule has 6 heteroatoms. The van der Waals surface area contributed by atoms with E-state index in [2.05, 4.69) is 11.0 Å². The summed E-state index contributed by atoms with van der Waals surface area (Å²) in [5.41, 5.74) is 4.39. The largest absolute Gasteiger partial charge is 0.454 e. The van der Waals surface area contributed by atoms with Gasteiger partial charge in [-0.05, 0) is 41.3 Å². The number of nitrogens with zero attached hydrogens (tertiary/aromatic N) is 2. The molecule has 4 heterocycles. The molecule has 0 fully saturated rings. The summed E-state index contributed by atoms with van der Waals surface area (Å²) < 4.78 is 11.0. The van der Waals surface area contributed by atoms with Crippen molar-refractivity contribution >= 4 is 22.4 Å². The maximum absolute atomic E-state index is 12.4. The lowest BCUT2D eigenvalue weighted by Crippen LogP contribution is -2.36. The topological polar surface area (TPSA) is 71.9 Å². The van der Waals surface area contributed by atoms with Crippen molar-refractivity contribution in [1.29, 1.82) is 0 Å². The first kappa shape index (κ1) is 15.2. The molecule has 1 aliphatic carbocycles. The predicted molar refractivity (Wildman–Crippen MR) is 98.1 cm³/mol. The summed E-state index contributed by atoms with van der Waals surface area (Å²) in [6.07, 6.45) is 2.72. The van der Waals surface area contributed by atoms with Crippen LogP contribution in [0.3, 0.4) is 0 Å². The smallest absolute Gasteiger partial charge is 0.231 e. The second kappa shape index (κ2) is 4.89. The van der Waals surface area contributed by atoms with Crippen molar-refractivity contribution in [3.63, 3.8) is 0 Å². The SMILES string of the molecule is CC[C@@]1(O)C(=O)CC2=C1C=C1c3nc4cc5c(cc4cc3CN1C2)OCO5. The minimum absolute atomic E-state index is 0.0903. The fraction of sp³-hybridized carbons (Fsp3) is 0.333. The van der Waals surface area contributed by atoms with Crippen molar-refractivity contribution < 1.29 is 19.4 Å². The summed E-state index contributed by atoms with van der Waals surface area (Å²) in [7, 11) is 0. The summed E-state index contributed by atoms with van der Waals surface area (Å²) in [5.74, 6) is 1.38. The van der Waals surface area contributed by atoms with Gasteiger partial charge in [-0.2, -0.15) is 0 Å². The molecule has 6 rings (SSSR count). The van der Waals surface area contributed by atoms with Crippen molar-refractivity contribution in [1.82, 2.24) is 9.88 Å². The monoisotopic (exact) mass is 362 g/mol. The molecule has 136 valence electrons. The van der Waals surface area contributed by atoms with Crippen LogP contribution in [0.5, 0.6) is 11.5 Å². The van der Waals surface area contributed by atoms with Gasteiger partial charge in [-0.15, -0.1) is 0 Å². The molecule has 0 unspecified atom stereocenters. The van der Waals surface area contributed by atoms with Crippen LogP contribution in [0.2, 0.25) is 0 Å². The Balaban J connectivity index is 1.51. The molecule has 0 saturated carbocycles. The lowest BCUT2D eigenvalue weighted by Gasteiger charge is -2.29. The Kier molecular flexibility index (Phi) is 2.76. The number of carbonyl (C=O) groups is 1. The molecule has 2 aromatic rings. The Bertz CT molecular complexity index is 1120. The first-order valence-corrected chi connectivity index (χ1v) is 9.25. The Hall–Kier alpha value is -2.86. The van der Waals surface area contributed by atoms with E-state index < -0.39 is 5.60 Å². The lowest BCUT2D eigenvalue weighted by molar-refractivity contribution is -0.131. The van der Waals surface area contributed by atoms with Crippen molar-refractivity contribution in [3.05, 3.63) is 46.7 Å². The molecule has 1 aromatic carbocycles. The molecule has 1 aromatic heterocycles. The number of Topliss-reactive ketones (excluding diaryl/α,β-unsaturated/α-hetero) is 1. The average molecular weight is 362 g/mol. The zero-order valence-electron chi connectivity index (χ0n) is 14.9. The van der Waals surface area contributed by atoms with E-state index in [1.165, 1.54) is 0 Å². The maximum Gasteiger partial charge on any atom is 0.231 e. The molecule has 0 saturated heterocycles. The summed E-state index contributed by atoms with van der Waals surface area (Å²) in [5, 5.41) is 11.9. The normalized spacial score (nSPS) is 25.0. The number of hydrogen-bond acceptors (Lipinski definition) is 6. The number of fused-ring (bicyclic) bond motifs is 5. The van der Waals surface area contributed by atoms with Crippen molar-refractivity contribution in [2.75, 3.05) is 13.3 Å². The van der Waals surface area contributed by atoms with Gasteiger partial charge in [0.05, 0.1) is 16.9 Å². The third kappa shape index (κ3) is 1.88. The molecule has 1 N–H and O–H groups in total. The molecule has 3 aliphatic heterocycles. The van der Waals surface area contributed by atoms with Crippen LogP contribution in [-0.2, 0) is 11.3 Å². The number of rotatable bonds is 1. The summed E-state index contributed by atoms with van der Waals surface area (Å²) in [6, 6.07) is 6.04. The van der Waals surface area contributed by atoms with Crippen LogP contribution in [0, 0.1) is 0 Å². The lowest BCUT2D eigenvalue weighted by atomic mass is 9.89. The van der Waals surface area contributed by atoms with E-state index in [0.717, 1.165) is 51.3 Å². The average Bonchev–Trinajstić information content (AvgIpc) is 3.31. The van der Waals surface area contributed by atoms with E-state index in [4.69, 9.17) is 14.5 Å². The summed E-state index contributed by atoms with van der Waals surface area (Å²) >= 11 is 0. The fourth-order valence-corrected chi connectivity index (χ4v) is 4.69. The number of aromatic nitrogens is 1.